The number of aromatic nitrogens is 4. The standard InChI is InChI=1S/C14H22N4O2S/c1-8(2)9(3)6-18-13-12(10(4)16-17(13)5)15-14(18)21-7-11(19)20/h8-9H,6-7H2,1-5H3,(H,19,20). The lowest BCUT2D eigenvalue weighted by atomic mass is 9.98. The molecular formula is C14H22N4O2S. The fraction of sp³-hybridized carbons (Fsp3) is 0.643. The maximum absolute atomic E-state index is 10.8. The summed E-state index contributed by atoms with van der Waals surface area (Å²) in [4.78, 5) is 15.4. The van der Waals surface area contributed by atoms with Gasteiger partial charge in [0.05, 0.1) is 11.4 Å². The van der Waals surface area contributed by atoms with E-state index in [-0.39, 0.29) is 5.75 Å². The third kappa shape index (κ3) is 3.23. The zero-order valence-electron chi connectivity index (χ0n) is 13.1. The number of carboxylic acids is 1. The maximum Gasteiger partial charge on any atom is 0.313 e. The first-order chi connectivity index (χ1) is 9.81. The molecule has 2 heterocycles. The van der Waals surface area contributed by atoms with Gasteiger partial charge in [-0.3, -0.25) is 9.48 Å². The molecular weight excluding hydrogens is 288 g/mol. The van der Waals surface area contributed by atoms with E-state index in [1.807, 2.05) is 18.7 Å². The minimum absolute atomic E-state index is 0.0197. The van der Waals surface area contributed by atoms with Crippen LogP contribution in [0.5, 0.6) is 0 Å². The van der Waals surface area contributed by atoms with Gasteiger partial charge < -0.3 is 9.67 Å². The number of carbonyl (C=O) groups is 1. The van der Waals surface area contributed by atoms with Crippen LogP contribution in [0.4, 0.5) is 0 Å². The molecule has 0 saturated carbocycles. The van der Waals surface area contributed by atoms with Gasteiger partial charge in [-0.2, -0.15) is 5.10 Å². The van der Waals surface area contributed by atoms with Crippen molar-refractivity contribution in [3.05, 3.63) is 5.69 Å². The Morgan fingerprint density at radius 3 is 2.62 bits per heavy atom. The lowest BCUT2D eigenvalue weighted by Crippen LogP contribution is -2.15. The van der Waals surface area contributed by atoms with E-state index >= 15 is 0 Å². The highest BCUT2D eigenvalue weighted by Gasteiger charge is 2.20. The predicted octanol–water partition coefficient (Wildman–Crippen LogP) is 2.55. The smallest absolute Gasteiger partial charge is 0.313 e. The summed E-state index contributed by atoms with van der Waals surface area (Å²) in [5, 5.41) is 14.1. The average Bonchev–Trinajstić information content (AvgIpc) is 2.87. The Bertz CT molecular complexity index is 660. The minimum atomic E-state index is -0.828. The Morgan fingerprint density at radius 2 is 2.05 bits per heavy atom. The van der Waals surface area contributed by atoms with Gasteiger partial charge in [-0.05, 0) is 18.8 Å². The van der Waals surface area contributed by atoms with E-state index in [2.05, 4.69) is 35.4 Å². The monoisotopic (exact) mass is 310 g/mol. The van der Waals surface area contributed by atoms with Gasteiger partial charge in [-0.15, -0.1) is 0 Å². The first-order valence-corrected chi connectivity index (χ1v) is 8.04. The van der Waals surface area contributed by atoms with Crippen LogP contribution in [0.15, 0.2) is 5.16 Å². The molecule has 1 N–H and O–H groups in total. The largest absolute Gasteiger partial charge is 0.481 e. The molecule has 0 aliphatic rings. The number of hydrogen-bond acceptors (Lipinski definition) is 4. The second-order valence-electron chi connectivity index (χ2n) is 5.79. The van der Waals surface area contributed by atoms with Crippen LogP contribution in [0.2, 0.25) is 0 Å². The molecule has 0 aliphatic heterocycles. The van der Waals surface area contributed by atoms with Crippen molar-refractivity contribution in [2.75, 3.05) is 5.75 Å². The van der Waals surface area contributed by atoms with Gasteiger partial charge in [0, 0.05) is 13.6 Å². The van der Waals surface area contributed by atoms with Crippen molar-refractivity contribution in [3.63, 3.8) is 0 Å². The van der Waals surface area contributed by atoms with E-state index in [9.17, 15) is 4.79 Å². The summed E-state index contributed by atoms with van der Waals surface area (Å²) in [5.74, 6) is 0.215. The number of imidazole rings is 1. The third-order valence-electron chi connectivity index (χ3n) is 3.79. The van der Waals surface area contributed by atoms with Gasteiger partial charge in [0.1, 0.15) is 5.52 Å². The summed E-state index contributed by atoms with van der Waals surface area (Å²) in [7, 11) is 1.90. The molecule has 2 rings (SSSR count). The quantitative estimate of drug-likeness (QED) is 0.830. The highest BCUT2D eigenvalue weighted by Crippen LogP contribution is 2.27. The van der Waals surface area contributed by atoms with Crippen molar-refractivity contribution in [2.24, 2.45) is 18.9 Å². The number of aliphatic carboxylic acids is 1. The highest BCUT2D eigenvalue weighted by molar-refractivity contribution is 7.99. The molecule has 0 spiro atoms. The summed E-state index contributed by atoms with van der Waals surface area (Å²) in [6, 6.07) is 0. The van der Waals surface area contributed by atoms with E-state index in [1.54, 1.807) is 0 Å². The SMILES string of the molecule is Cc1nn(C)c2c1nc(SCC(=O)O)n2CC(C)C(C)C. The molecule has 0 saturated heterocycles. The van der Waals surface area contributed by atoms with Crippen molar-refractivity contribution in [2.45, 2.75) is 39.4 Å². The number of hydrogen-bond donors (Lipinski definition) is 1. The van der Waals surface area contributed by atoms with Crippen molar-refractivity contribution in [3.8, 4) is 0 Å². The predicted molar refractivity (Wildman–Crippen MR) is 83.6 cm³/mol. The van der Waals surface area contributed by atoms with Gasteiger partial charge >= 0.3 is 5.97 Å². The summed E-state index contributed by atoms with van der Waals surface area (Å²) in [6.07, 6.45) is 0. The molecule has 0 aliphatic carbocycles. The summed E-state index contributed by atoms with van der Waals surface area (Å²) < 4.78 is 3.93. The normalized spacial score (nSPS) is 13.2. The van der Waals surface area contributed by atoms with Crippen molar-refractivity contribution in [1.82, 2.24) is 19.3 Å². The number of fused-ring (bicyclic) bond motifs is 1. The zero-order chi connectivity index (χ0) is 15.7. The van der Waals surface area contributed by atoms with Gasteiger partial charge in [-0.25, -0.2) is 4.98 Å². The molecule has 7 heteroatoms. The molecule has 21 heavy (non-hydrogen) atoms. The van der Waals surface area contributed by atoms with Gasteiger partial charge in [0.2, 0.25) is 0 Å². The number of carboxylic acid groups (broad SMARTS) is 1. The molecule has 6 nitrogen and oxygen atoms in total. The van der Waals surface area contributed by atoms with Gasteiger partial charge in [0.25, 0.3) is 0 Å². The van der Waals surface area contributed by atoms with Crippen LogP contribution in [0.1, 0.15) is 26.5 Å². The van der Waals surface area contributed by atoms with Gasteiger partial charge in [-0.1, -0.05) is 32.5 Å². The second-order valence-corrected chi connectivity index (χ2v) is 6.73. The molecule has 0 aromatic carbocycles. The van der Waals surface area contributed by atoms with E-state index < -0.39 is 5.97 Å². The number of aryl methyl sites for hydroxylation is 2. The van der Waals surface area contributed by atoms with E-state index in [0.29, 0.717) is 11.8 Å². The van der Waals surface area contributed by atoms with E-state index in [0.717, 1.165) is 28.6 Å². The van der Waals surface area contributed by atoms with E-state index in [1.165, 1.54) is 11.8 Å². The van der Waals surface area contributed by atoms with Crippen molar-refractivity contribution >= 4 is 28.9 Å². The van der Waals surface area contributed by atoms with Crippen LogP contribution in [-0.4, -0.2) is 36.2 Å². The Balaban J connectivity index is 2.45. The lowest BCUT2D eigenvalue weighted by molar-refractivity contribution is -0.133. The molecule has 0 radical (unpaired) electrons. The van der Waals surface area contributed by atoms with Crippen molar-refractivity contribution in [1.29, 1.82) is 0 Å². The first kappa shape index (κ1) is 15.9. The molecule has 116 valence electrons. The summed E-state index contributed by atoms with van der Waals surface area (Å²) in [6.45, 7) is 9.33. The Hall–Kier alpha value is -1.50. The highest BCUT2D eigenvalue weighted by atomic mass is 32.2. The molecule has 0 bridgehead atoms. The fourth-order valence-corrected chi connectivity index (χ4v) is 2.94. The van der Waals surface area contributed by atoms with Crippen molar-refractivity contribution < 1.29 is 9.90 Å². The summed E-state index contributed by atoms with van der Waals surface area (Å²) >= 11 is 1.27. The van der Waals surface area contributed by atoms with Crippen LogP contribution in [0.3, 0.4) is 0 Å². The molecule has 1 atom stereocenters. The minimum Gasteiger partial charge on any atom is -0.481 e. The maximum atomic E-state index is 10.8. The number of nitrogens with zero attached hydrogens (tertiary/aromatic N) is 4. The van der Waals surface area contributed by atoms with Crippen LogP contribution in [-0.2, 0) is 18.4 Å². The van der Waals surface area contributed by atoms with Crippen LogP contribution in [0, 0.1) is 18.8 Å². The molecule has 2 aromatic heterocycles. The topological polar surface area (TPSA) is 72.9 Å². The van der Waals surface area contributed by atoms with E-state index in [4.69, 9.17) is 5.11 Å². The fourth-order valence-electron chi connectivity index (χ4n) is 2.21. The van der Waals surface area contributed by atoms with Crippen LogP contribution in [0.25, 0.3) is 11.2 Å². The lowest BCUT2D eigenvalue weighted by Gasteiger charge is -2.18. The number of thioether (sulfide) groups is 1. The molecule has 1 unspecified atom stereocenters. The number of rotatable bonds is 6. The Labute approximate surface area is 128 Å². The molecule has 0 amide bonds. The third-order valence-corrected chi connectivity index (χ3v) is 4.75. The molecule has 2 aromatic rings. The first-order valence-electron chi connectivity index (χ1n) is 7.05. The van der Waals surface area contributed by atoms with Crippen LogP contribution < -0.4 is 0 Å². The van der Waals surface area contributed by atoms with Gasteiger partial charge in [0.15, 0.2) is 10.8 Å². The average molecular weight is 310 g/mol. The Morgan fingerprint density at radius 1 is 1.38 bits per heavy atom. The van der Waals surface area contributed by atoms with Crippen LogP contribution >= 0.6 is 11.8 Å². The second kappa shape index (κ2) is 6.09. The summed E-state index contributed by atoms with van der Waals surface area (Å²) in [5.41, 5.74) is 2.70. The Kier molecular flexibility index (Phi) is 4.61. The zero-order valence-corrected chi connectivity index (χ0v) is 13.9. The molecule has 0 fully saturated rings.